The van der Waals surface area contributed by atoms with Gasteiger partial charge in [0.1, 0.15) is 11.6 Å². The molecule has 3 rings (SSSR count). The number of hydrogen-bond donors (Lipinski definition) is 1. The second-order valence-corrected chi connectivity index (χ2v) is 7.89. The molecule has 2 aromatic carbocycles. The molecule has 1 N–H and O–H groups in total. The Bertz CT molecular complexity index is 911. The Morgan fingerprint density at radius 1 is 1.24 bits per heavy atom. The van der Waals surface area contributed by atoms with Gasteiger partial charge in [0.05, 0.1) is 11.4 Å². The Labute approximate surface area is 170 Å². The lowest BCUT2D eigenvalue weighted by Gasteiger charge is -2.32. The number of amides is 2. The summed E-state index contributed by atoms with van der Waals surface area (Å²) >= 11 is 0. The van der Waals surface area contributed by atoms with Crippen molar-refractivity contribution < 1.29 is 18.7 Å². The lowest BCUT2D eigenvalue weighted by molar-refractivity contribution is -0.121. The van der Waals surface area contributed by atoms with Crippen LogP contribution < -0.4 is 15.0 Å². The van der Waals surface area contributed by atoms with Crippen LogP contribution in [0.15, 0.2) is 42.5 Å². The van der Waals surface area contributed by atoms with E-state index in [9.17, 15) is 14.0 Å². The Morgan fingerprint density at radius 3 is 2.72 bits per heavy atom. The maximum Gasteiger partial charge on any atom is 0.265 e. The van der Waals surface area contributed by atoms with Crippen molar-refractivity contribution in [3.8, 4) is 5.75 Å². The topological polar surface area (TPSA) is 58.6 Å². The van der Waals surface area contributed by atoms with Crippen LogP contribution in [0, 0.1) is 5.82 Å². The molecule has 2 aromatic rings. The van der Waals surface area contributed by atoms with Gasteiger partial charge in [-0.2, -0.15) is 0 Å². The van der Waals surface area contributed by atoms with Gasteiger partial charge in [0.2, 0.25) is 5.91 Å². The third kappa shape index (κ3) is 4.75. The Morgan fingerprint density at radius 2 is 2.00 bits per heavy atom. The van der Waals surface area contributed by atoms with E-state index < -0.39 is 5.82 Å². The van der Waals surface area contributed by atoms with Crippen LogP contribution in [0.2, 0.25) is 0 Å². The summed E-state index contributed by atoms with van der Waals surface area (Å²) in [5, 5.41) is 2.57. The molecule has 0 unspecified atom stereocenters. The van der Waals surface area contributed by atoms with E-state index in [1.54, 1.807) is 17.0 Å². The summed E-state index contributed by atoms with van der Waals surface area (Å²) in [6, 6.07) is 12.0. The fourth-order valence-electron chi connectivity index (χ4n) is 3.25. The van der Waals surface area contributed by atoms with Crippen LogP contribution in [0.1, 0.15) is 45.6 Å². The standard InChI is InChI=1S/C23H27FN2O3/c1-4-23(2,3)16-11-12-20-19(14-16)26(22(28)15-29-20)13-7-10-21(27)25-18-9-6-5-8-17(18)24/h5-6,8-9,11-12,14H,4,7,10,13,15H2,1-3H3,(H,25,27). The van der Waals surface area contributed by atoms with Gasteiger partial charge in [-0.05, 0) is 48.1 Å². The Kier molecular flexibility index (Phi) is 6.20. The molecule has 0 bridgehead atoms. The summed E-state index contributed by atoms with van der Waals surface area (Å²) in [6.07, 6.45) is 1.62. The van der Waals surface area contributed by atoms with Crippen LogP contribution in [-0.2, 0) is 15.0 Å². The molecule has 0 atom stereocenters. The molecule has 154 valence electrons. The first kappa shape index (κ1) is 20.8. The Hall–Kier alpha value is -2.89. The molecule has 1 heterocycles. The predicted molar refractivity (Wildman–Crippen MR) is 112 cm³/mol. The highest BCUT2D eigenvalue weighted by atomic mass is 19.1. The quantitative estimate of drug-likeness (QED) is 0.738. The molecule has 2 amide bonds. The van der Waals surface area contributed by atoms with Gasteiger partial charge in [-0.3, -0.25) is 9.59 Å². The van der Waals surface area contributed by atoms with Gasteiger partial charge in [-0.25, -0.2) is 4.39 Å². The summed E-state index contributed by atoms with van der Waals surface area (Å²) in [6.45, 7) is 6.85. The molecule has 0 saturated heterocycles. The molecule has 6 heteroatoms. The first-order valence-electron chi connectivity index (χ1n) is 9.94. The number of anilines is 2. The van der Waals surface area contributed by atoms with Gasteiger partial charge in [0.25, 0.3) is 5.91 Å². The fourth-order valence-corrected chi connectivity index (χ4v) is 3.25. The van der Waals surface area contributed by atoms with E-state index in [1.807, 2.05) is 18.2 Å². The summed E-state index contributed by atoms with van der Waals surface area (Å²) in [5.41, 5.74) is 2.03. The summed E-state index contributed by atoms with van der Waals surface area (Å²) in [5.74, 6) is -0.198. The lowest BCUT2D eigenvalue weighted by Crippen LogP contribution is -2.40. The summed E-state index contributed by atoms with van der Waals surface area (Å²) in [7, 11) is 0. The molecule has 0 radical (unpaired) electrons. The lowest BCUT2D eigenvalue weighted by atomic mass is 9.82. The SMILES string of the molecule is CCC(C)(C)c1ccc2c(c1)N(CCCC(=O)Nc1ccccc1F)C(=O)CO2. The first-order valence-corrected chi connectivity index (χ1v) is 9.94. The third-order valence-electron chi connectivity index (χ3n) is 5.50. The minimum Gasteiger partial charge on any atom is -0.482 e. The van der Waals surface area contributed by atoms with Crippen LogP contribution in [0.4, 0.5) is 15.8 Å². The van der Waals surface area contributed by atoms with E-state index in [0.717, 1.165) is 17.7 Å². The molecule has 0 spiro atoms. The molecule has 0 aliphatic carbocycles. The zero-order chi connectivity index (χ0) is 21.0. The van der Waals surface area contributed by atoms with E-state index in [-0.39, 0.29) is 35.9 Å². The number of benzene rings is 2. The third-order valence-corrected chi connectivity index (χ3v) is 5.50. The number of nitrogens with zero attached hydrogens (tertiary/aromatic N) is 1. The van der Waals surface area contributed by atoms with Gasteiger partial charge in [0.15, 0.2) is 6.61 Å². The van der Waals surface area contributed by atoms with Gasteiger partial charge in [-0.1, -0.05) is 39.0 Å². The van der Waals surface area contributed by atoms with E-state index in [2.05, 4.69) is 26.1 Å². The van der Waals surface area contributed by atoms with Gasteiger partial charge < -0.3 is 15.0 Å². The van der Waals surface area contributed by atoms with Crippen molar-refractivity contribution in [2.75, 3.05) is 23.4 Å². The maximum absolute atomic E-state index is 13.7. The average molecular weight is 398 g/mol. The second kappa shape index (κ2) is 8.64. The van der Waals surface area contributed by atoms with Crippen molar-refractivity contribution in [1.29, 1.82) is 0 Å². The van der Waals surface area contributed by atoms with Gasteiger partial charge in [-0.15, -0.1) is 0 Å². The van der Waals surface area contributed by atoms with Crippen molar-refractivity contribution in [1.82, 2.24) is 0 Å². The molecule has 0 saturated carbocycles. The number of carbonyl (C=O) groups excluding carboxylic acids is 2. The van der Waals surface area contributed by atoms with Crippen LogP contribution >= 0.6 is 0 Å². The van der Waals surface area contributed by atoms with Crippen molar-refractivity contribution >= 4 is 23.2 Å². The van der Waals surface area contributed by atoms with Crippen LogP contribution in [-0.4, -0.2) is 25.0 Å². The first-order chi connectivity index (χ1) is 13.8. The highest BCUT2D eigenvalue weighted by molar-refractivity contribution is 5.98. The fraction of sp³-hybridized carbons (Fsp3) is 0.391. The van der Waals surface area contributed by atoms with E-state index in [0.29, 0.717) is 18.7 Å². The molecule has 5 nitrogen and oxygen atoms in total. The number of para-hydroxylation sites is 1. The molecular formula is C23H27FN2O3. The van der Waals surface area contributed by atoms with Crippen LogP contribution in [0.25, 0.3) is 0 Å². The highest BCUT2D eigenvalue weighted by Gasteiger charge is 2.28. The van der Waals surface area contributed by atoms with E-state index in [4.69, 9.17) is 4.74 Å². The monoisotopic (exact) mass is 398 g/mol. The summed E-state index contributed by atoms with van der Waals surface area (Å²) in [4.78, 5) is 26.3. The maximum atomic E-state index is 13.7. The Balaban J connectivity index is 1.67. The minimum absolute atomic E-state index is 0.00899. The number of halogens is 1. The van der Waals surface area contributed by atoms with Crippen molar-refractivity contribution in [3.63, 3.8) is 0 Å². The van der Waals surface area contributed by atoms with Gasteiger partial charge >= 0.3 is 0 Å². The second-order valence-electron chi connectivity index (χ2n) is 7.89. The zero-order valence-electron chi connectivity index (χ0n) is 17.1. The molecule has 29 heavy (non-hydrogen) atoms. The predicted octanol–water partition coefficient (Wildman–Crippen LogP) is 4.66. The number of ether oxygens (including phenoxy) is 1. The number of hydrogen-bond acceptors (Lipinski definition) is 3. The summed E-state index contributed by atoms with van der Waals surface area (Å²) < 4.78 is 19.2. The van der Waals surface area contributed by atoms with Crippen molar-refractivity contribution in [2.24, 2.45) is 0 Å². The largest absolute Gasteiger partial charge is 0.482 e. The molecule has 0 fully saturated rings. The number of rotatable bonds is 7. The zero-order valence-corrected chi connectivity index (χ0v) is 17.1. The van der Waals surface area contributed by atoms with Crippen LogP contribution in [0.5, 0.6) is 5.75 Å². The molecule has 1 aliphatic heterocycles. The normalized spacial score (nSPS) is 13.7. The highest BCUT2D eigenvalue weighted by Crippen LogP contribution is 2.37. The van der Waals surface area contributed by atoms with Crippen molar-refractivity contribution in [3.05, 3.63) is 53.8 Å². The van der Waals surface area contributed by atoms with Gasteiger partial charge in [0, 0.05) is 13.0 Å². The number of fused-ring (bicyclic) bond motifs is 1. The minimum atomic E-state index is -0.468. The van der Waals surface area contributed by atoms with Crippen molar-refractivity contribution in [2.45, 2.75) is 45.4 Å². The molecule has 1 aliphatic rings. The smallest absolute Gasteiger partial charge is 0.265 e. The molecular weight excluding hydrogens is 371 g/mol. The average Bonchev–Trinajstić information content (AvgIpc) is 2.71. The van der Waals surface area contributed by atoms with E-state index >= 15 is 0 Å². The number of nitrogens with one attached hydrogen (secondary N) is 1. The molecule has 0 aromatic heterocycles. The van der Waals surface area contributed by atoms with E-state index in [1.165, 1.54) is 12.1 Å². The van der Waals surface area contributed by atoms with Crippen LogP contribution in [0.3, 0.4) is 0 Å². The number of carbonyl (C=O) groups is 2.